The summed E-state index contributed by atoms with van der Waals surface area (Å²) in [4.78, 5) is 31.6. The van der Waals surface area contributed by atoms with Crippen LogP contribution in [-0.2, 0) is 6.42 Å². The summed E-state index contributed by atoms with van der Waals surface area (Å²) < 4.78 is 1.45. The van der Waals surface area contributed by atoms with E-state index in [0.29, 0.717) is 29.2 Å². The number of hydrogen-bond acceptors (Lipinski definition) is 4. The number of aryl methyl sites for hydroxylation is 3. The van der Waals surface area contributed by atoms with Gasteiger partial charge in [0.2, 0.25) is 5.95 Å². The van der Waals surface area contributed by atoms with E-state index in [1.165, 1.54) is 10.7 Å². The molecule has 26 heavy (non-hydrogen) atoms. The summed E-state index contributed by atoms with van der Waals surface area (Å²) in [5, 5.41) is 7.20. The Labute approximate surface area is 151 Å². The molecule has 7 heteroatoms. The third-order valence-corrected chi connectivity index (χ3v) is 3.84. The van der Waals surface area contributed by atoms with Crippen LogP contribution in [0, 0.1) is 13.8 Å². The van der Waals surface area contributed by atoms with E-state index in [0.717, 1.165) is 12.0 Å². The van der Waals surface area contributed by atoms with Crippen LogP contribution in [0.1, 0.15) is 40.7 Å². The molecule has 0 aliphatic heterocycles. The number of carbonyl (C=O) groups is 1. The highest BCUT2D eigenvalue weighted by atomic mass is 16.1. The molecule has 134 valence electrons. The van der Waals surface area contributed by atoms with Crippen molar-refractivity contribution in [3.8, 4) is 5.95 Å². The highest BCUT2D eigenvalue weighted by Crippen LogP contribution is 2.16. The van der Waals surface area contributed by atoms with Gasteiger partial charge in [0.25, 0.3) is 11.5 Å². The van der Waals surface area contributed by atoms with Gasteiger partial charge in [0.15, 0.2) is 0 Å². The van der Waals surface area contributed by atoms with Gasteiger partial charge in [-0.05, 0) is 32.4 Å². The van der Waals surface area contributed by atoms with Crippen LogP contribution in [0.5, 0.6) is 0 Å². The minimum atomic E-state index is -0.248. The summed E-state index contributed by atoms with van der Waals surface area (Å²) >= 11 is 0. The smallest absolute Gasteiger partial charge is 0.256 e. The molecule has 0 saturated heterocycles. The molecule has 3 aromatic rings. The number of nitrogens with zero attached hydrogens (tertiary/aromatic N) is 3. The summed E-state index contributed by atoms with van der Waals surface area (Å²) in [5.41, 5.74) is 2.70. The number of nitrogens with one attached hydrogen (secondary N) is 2. The van der Waals surface area contributed by atoms with Crippen LogP contribution in [0.15, 0.2) is 41.2 Å². The summed E-state index contributed by atoms with van der Waals surface area (Å²) in [5.74, 6) is 0.487. The average Bonchev–Trinajstić information content (AvgIpc) is 2.95. The summed E-state index contributed by atoms with van der Waals surface area (Å²) in [6.45, 7) is 5.76. The summed E-state index contributed by atoms with van der Waals surface area (Å²) in [7, 11) is 0. The lowest BCUT2D eigenvalue weighted by atomic mass is 10.1. The molecule has 3 rings (SSSR count). The van der Waals surface area contributed by atoms with E-state index >= 15 is 0 Å². The van der Waals surface area contributed by atoms with Crippen LogP contribution in [0.2, 0.25) is 0 Å². The van der Waals surface area contributed by atoms with Crippen LogP contribution >= 0.6 is 0 Å². The lowest BCUT2D eigenvalue weighted by Gasteiger charge is -2.09. The van der Waals surface area contributed by atoms with Crippen LogP contribution in [0.3, 0.4) is 0 Å². The third kappa shape index (κ3) is 3.88. The Morgan fingerprint density at radius 1 is 1.23 bits per heavy atom. The summed E-state index contributed by atoms with van der Waals surface area (Å²) in [6.07, 6.45) is 1.58. The van der Waals surface area contributed by atoms with Crippen molar-refractivity contribution in [1.29, 1.82) is 0 Å². The molecule has 0 fully saturated rings. The number of H-pyrrole nitrogens is 1. The fourth-order valence-corrected chi connectivity index (χ4v) is 2.70. The second kappa shape index (κ2) is 7.35. The van der Waals surface area contributed by atoms with Gasteiger partial charge in [-0.25, -0.2) is 4.98 Å². The van der Waals surface area contributed by atoms with Gasteiger partial charge in [-0.1, -0.05) is 31.0 Å². The van der Waals surface area contributed by atoms with Crippen LogP contribution in [0.4, 0.5) is 5.82 Å². The van der Waals surface area contributed by atoms with E-state index in [9.17, 15) is 9.59 Å². The van der Waals surface area contributed by atoms with Crippen molar-refractivity contribution in [2.45, 2.75) is 33.6 Å². The molecular formula is C19H21N5O2. The van der Waals surface area contributed by atoms with Gasteiger partial charge in [0.1, 0.15) is 5.82 Å². The van der Waals surface area contributed by atoms with Crippen LogP contribution < -0.4 is 10.9 Å². The first-order valence-electron chi connectivity index (χ1n) is 8.51. The van der Waals surface area contributed by atoms with Crippen molar-refractivity contribution in [2.24, 2.45) is 0 Å². The Kier molecular flexibility index (Phi) is 4.97. The Morgan fingerprint density at radius 2 is 2.04 bits per heavy atom. The molecular weight excluding hydrogens is 330 g/mol. The minimum Gasteiger partial charge on any atom is -0.306 e. The maximum Gasteiger partial charge on any atom is 0.256 e. The number of aromatic nitrogens is 4. The van der Waals surface area contributed by atoms with Gasteiger partial charge in [0.05, 0.1) is 5.69 Å². The van der Waals surface area contributed by atoms with Gasteiger partial charge in [-0.15, -0.1) is 0 Å². The van der Waals surface area contributed by atoms with Gasteiger partial charge in [-0.3, -0.25) is 14.6 Å². The molecule has 1 aromatic carbocycles. The summed E-state index contributed by atoms with van der Waals surface area (Å²) in [6, 6.07) is 10.5. The Hall–Kier alpha value is -3.22. The lowest BCUT2D eigenvalue weighted by Crippen LogP contribution is -2.19. The molecule has 1 amide bonds. The maximum atomic E-state index is 12.6. The minimum absolute atomic E-state index is 0.248. The third-order valence-electron chi connectivity index (χ3n) is 3.84. The second-order valence-corrected chi connectivity index (χ2v) is 6.22. The maximum absolute atomic E-state index is 12.6. The highest BCUT2D eigenvalue weighted by molar-refractivity contribution is 6.04. The Balaban J connectivity index is 1.96. The zero-order chi connectivity index (χ0) is 18.7. The van der Waals surface area contributed by atoms with Gasteiger partial charge >= 0.3 is 0 Å². The molecule has 0 bridgehead atoms. The van der Waals surface area contributed by atoms with Crippen molar-refractivity contribution in [1.82, 2.24) is 19.7 Å². The normalized spacial score (nSPS) is 10.7. The zero-order valence-corrected chi connectivity index (χ0v) is 15.0. The van der Waals surface area contributed by atoms with Crippen molar-refractivity contribution >= 4 is 11.7 Å². The molecule has 0 aliphatic rings. The van der Waals surface area contributed by atoms with Crippen molar-refractivity contribution < 1.29 is 4.79 Å². The molecule has 0 atom stereocenters. The van der Waals surface area contributed by atoms with Crippen molar-refractivity contribution in [2.75, 3.05) is 5.32 Å². The molecule has 2 N–H and O–H groups in total. The highest BCUT2D eigenvalue weighted by Gasteiger charge is 2.14. The van der Waals surface area contributed by atoms with E-state index < -0.39 is 0 Å². The molecule has 0 spiro atoms. The number of carbonyl (C=O) groups excluding carboxylic acids is 1. The predicted molar refractivity (Wildman–Crippen MR) is 99.8 cm³/mol. The Bertz CT molecular complexity index is 1000. The predicted octanol–water partition coefficient (Wildman–Crippen LogP) is 2.78. The van der Waals surface area contributed by atoms with Crippen molar-refractivity contribution in [3.05, 3.63) is 69.3 Å². The molecule has 0 radical (unpaired) electrons. The number of hydrogen-bond donors (Lipinski definition) is 2. The zero-order valence-electron chi connectivity index (χ0n) is 15.0. The fourth-order valence-electron chi connectivity index (χ4n) is 2.70. The number of amides is 1. The molecule has 2 heterocycles. The van der Waals surface area contributed by atoms with Crippen LogP contribution in [-0.4, -0.2) is 25.7 Å². The SMILES string of the molecule is CCCc1cc(=O)[nH]c(-n2nc(C)cc2NC(=O)c2cccc(C)c2)n1. The monoisotopic (exact) mass is 351 g/mol. The molecule has 0 unspecified atom stereocenters. The van der Waals surface area contributed by atoms with E-state index in [2.05, 4.69) is 20.4 Å². The molecule has 0 saturated carbocycles. The fraction of sp³-hybridized carbons (Fsp3) is 0.263. The first kappa shape index (κ1) is 17.6. The largest absolute Gasteiger partial charge is 0.306 e. The number of anilines is 1. The van der Waals surface area contributed by atoms with Crippen LogP contribution in [0.25, 0.3) is 5.95 Å². The lowest BCUT2D eigenvalue weighted by molar-refractivity contribution is 0.102. The van der Waals surface area contributed by atoms with E-state index in [1.54, 1.807) is 12.1 Å². The molecule has 7 nitrogen and oxygen atoms in total. The van der Waals surface area contributed by atoms with E-state index in [-0.39, 0.29) is 17.4 Å². The van der Waals surface area contributed by atoms with Crippen molar-refractivity contribution in [3.63, 3.8) is 0 Å². The second-order valence-electron chi connectivity index (χ2n) is 6.22. The van der Waals surface area contributed by atoms with E-state index in [1.807, 2.05) is 39.0 Å². The first-order valence-corrected chi connectivity index (χ1v) is 8.51. The van der Waals surface area contributed by atoms with Gasteiger partial charge < -0.3 is 5.32 Å². The quantitative estimate of drug-likeness (QED) is 0.739. The van der Waals surface area contributed by atoms with Gasteiger partial charge in [0, 0.05) is 23.4 Å². The standard InChI is InChI=1S/C19H21N5O2/c1-4-6-15-11-17(25)22-19(20-15)24-16(10-13(3)23-24)21-18(26)14-8-5-7-12(2)9-14/h5,7-11H,4,6H2,1-3H3,(H,21,26)(H,20,22,25). The number of rotatable bonds is 5. The molecule has 0 aliphatic carbocycles. The first-order chi connectivity index (χ1) is 12.5. The van der Waals surface area contributed by atoms with Gasteiger partial charge in [-0.2, -0.15) is 9.78 Å². The topological polar surface area (TPSA) is 92.7 Å². The Morgan fingerprint density at radius 3 is 2.77 bits per heavy atom. The molecule has 2 aromatic heterocycles. The van der Waals surface area contributed by atoms with E-state index in [4.69, 9.17) is 0 Å². The average molecular weight is 351 g/mol. The number of aromatic amines is 1. The number of benzene rings is 1.